The normalized spacial score (nSPS) is 9.50. The van der Waals surface area contributed by atoms with E-state index in [4.69, 9.17) is 5.73 Å². The van der Waals surface area contributed by atoms with Crippen LogP contribution in [-0.2, 0) is 13.1 Å². The molecule has 2 aromatic rings. The van der Waals surface area contributed by atoms with Gasteiger partial charge in [0.1, 0.15) is 0 Å². The summed E-state index contributed by atoms with van der Waals surface area (Å²) in [6.07, 6.45) is 0. The molecule has 0 bridgehead atoms. The summed E-state index contributed by atoms with van der Waals surface area (Å²) in [7, 11) is 1.95. The van der Waals surface area contributed by atoms with Crippen molar-refractivity contribution in [1.82, 2.24) is 5.32 Å². The molecule has 2 nitrogen and oxygen atoms in total. The summed E-state index contributed by atoms with van der Waals surface area (Å²) in [6.45, 7) is 1.55. The van der Waals surface area contributed by atoms with E-state index in [1.165, 1.54) is 5.56 Å². The predicted octanol–water partition coefficient (Wildman–Crippen LogP) is 2.84. The number of nitrogens with two attached hydrogens (primary N) is 1. The lowest BCUT2D eigenvalue weighted by Gasteiger charge is -1.95. The second kappa shape index (κ2) is 8.75. The minimum absolute atomic E-state index is 0.592. The molecule has 2 rings (SSSR count). The van der Waals surface area contributed by atoms with Crippen molar-refractivity contribution in [3.63, 3.8) is 0 Å². The summed E-state index contributed by atoms with van der Waals surface area (Å²) in [5.74, 6) is 0. The van der Waals surface area contributed by atoms with Crippen LogP contribution in [0.15, 0.2) is 59.5 Å². The Kier molecular flexibility index (Phi) is 7.18. The highest BCUT2D eigenvalue weighted by Gasteiger charge is 1.86. The zero-order valence-corrected chi connectivity index (χ0v) is 11.5. The summed E-state index contributed by atoms with van der Waals surface area (Å²) in [5, 5.41) is 3.08. The van der Waals surface area contributed by atoms with Gasteiger partial charge in [-0.05, 0) is 30.3 Å². The summed E-state index contributed by atoms with van der Waals surface area (Å²) in [4.78, 5) is 0.970. The Labute approximate surface area is 115 Å². The minimum Gasteiger partial charge on any atom is -0.326 e. The van der Waals surface area contributed by atoms with Crippen LogP contribution >= 0.6 is 12.6 Å². The van der Waals surface area contributed by atoms with Crippen molar-refractivity contribution < 1.29 is 0 Å². The third-order valence-electron chi connectivity index (χ3n) is 2.37. The molecule has 0 heterocycles. The van der Waals surface area contributed by atoms with Gasteiger partial charge in [-0.3, -0.25) is 0 Å². The van der Waals surface area contributed by atoms with Gasteiger partial charge in [-0.1, -0.05) is 42.5 Å². The van der Waals surface area contributed by atoms with Crippen LogP contribution in [-0.4, -0.2) is 7.05 Å². The number of hydrogen-bond acceptors (Lipinski definition) is 3. The van der Waals surface area contributed by atoms with Gasteiger partial charge in [0.15, 0.2) is 0 Å². The average Bonchev–Trinajstić information content (AvgIpc) is 2.41. The number of thiol groups is 1. The molecule has 0 amide bonds. The van der Waals surface area contributed by atoms with Crippen molar-refractivity contribution in [3.05, 3.63) is 65.7 Å². The molecule has 0 spiro atoms. The molecule has 0 aliphatic rings. The second-order valence-corrected chi connectivity index (χ2v) is 4.41. The molecule has 0 radical (unpaired) electrons. The van der Waals surface area contributed by atoms with E-state index in [1.54, 1.807) is 0 Å². The largest absolute Gasteiger partial charge is 0.326 e. The van der Waals surface area contributed by atoms with Crippen molar-refractivity contribution in [2.75, 3.05) is 7.05 Å². The SMILES string of the molecule is CNCc1ccccc1.NCc1cccc(S)c1. The highest BCUT2D eigenvalue weighted by molar-refractivity contribution is 7.80. The maximum atomic E-state index is 5.38. The highest BCUT2D eigenvalue weighted by atomic mass is 32.1. The van der Waals surface area contributed by atoms with Crippen molar-refractivity contribution in [1.29, 1.82) is 0 Å². The number of nitrogens with one attached hydrogen (secondary N) is 1. The molecule has 2 aromatic carbocycles. The molecule has 0 unspecified atom stereocenters. The monoisotopic (exact) mass is 260 g/mol. The number of rotatable bonds is 3. The van der Waals surface area contributed by atoms with E-state index >= 15 is 0 Å². The van der Waals surface area contributed by atoms with E-state index in [0.29, 0.717) is 6.54 Å². The van der Waals surface area contributed by atoms with Crippen molar-refractivity contribution in [2.45, 2.75) is 18.0 Å². The van der Waals surface area contributed by atoms with Crippen LogP contribution in [0.2, 0.25) is 0 Å². The maximum Gasteiger partial charge on any atom is 0.0202 e. The van der Waals surface area contributed by atoms with Crippen LogP contribution < -0.4 is 11.1 Å². The van der Waals surface area contributed by atoms with Crippen molar-refractivity contribution in [2.24, 2.45) is 5.73 Å². The lowest BCUT2D eigenvalue weighted by molar-refractivity contribution is 0.818. The zero-order chi connectivity index (χ0) is 13.2. The van der Waals surface area contributed by atoms with E-state index in [1.807, 2.05) is 49.5 Å². The molecule has 0 saturated carbocycles. The van der Waals surface area contributed by atoms with Gasteiger partial charge in [-0.2, -0.15) is 0 Å². The Morgan fingerprint density at radius 2 is 1.67 bits per heavy atom. The third kappa shape index (κ3) is 5.87. The molecular weight excluding hydrogens is 240 g/mol. The Morgan fingerprint density at radius 1 is 1.00 bits per heavy atom. The molecule has 3 N–H and O–H groups in total. The van der Waals surface area contributed by atoms with E-state index in [-0.39, 0.29) is 0 Å². The average molecular weight is 260 g/mol. The van der Waals surface area contributed by atoms with E-state index < -0.39 is 0 Å². The van der Waals surface area contributed by atoms with Gasteiger partial charge < -0.3 is 11.1 Å². The maximum absolute atomic E-state index is 5.38. The lowest BCUT2D eigenvalue weighted by atomic mass is 10.2. The first-order chi connectivity index (χ1) is 8.76. The molecule has 18 heavy (non-hydrogen) atoms. The first-order valence-electron chi connectivity index (χ1n) is 5.92. The fourth-order valence-corrected chi connectivity index (χ4v) is 1.74. The van der Waals surface area contributed by atoms with E-state index in [0.717, 1.165) is 17.0 Å². The third-order valence-corrected chi connectivity index (χ3v) is 2.65. The van der Waals surface area contributed by atoms with E-state index in [9.17, 15) is 0 Å². The number of hydrogen-bond donors (Lipinski definition) is 3. The number of benzene rings is 2. The zero-order valence-electron chi connectivity index (χ0n) is 10.6. The summed E-state index contributed by atoms with van der Waals surface area (Å²) in [6, 6.07) is 18.2. The van der Waals surface area contributed by atoms with Crippen LogP contribution in [0, 0.1) is 0 Å². The molecule has 96 valence electrons. The smallest absolute Gasteiger partial charge is 0.0202 e. The van der Waals surface area contributed by atoms with Gasteiger partial charge in [0.2, 0.25) is 0 Å². The molecular formula is C15H20N2S. The van der Waals surface area contributed by atoms with Crippen molar-refractivity contribution in [3.8, 4) is 0 Å². The molecule has 0 saturated heterocycles. The summed E-state index contributed by atoms with van der Waals surface area (Å²) in [5.41, 5.74) is 7.85. The quantitative estimate of drug-likeness (QED) is 0.742. The summed E-state index contributed by atoms with van der Waals surface area (Å²) >= 11 is 4.15. The topological polar surface area (TPSA) is 38.0 Å². The Bertz CT molecular complexity index is 443. The van der Waals surface area contributed by atoms with Crippen LogP contribution in [0.25, 0.3) is 0 Å². The van der Waals surface area contributed by atoms with Crippen molar-refractivity contribution >= 4 is 12.6 Å². The van der Waals surface area contributed by atoms with Crippen LogP contribution in [0.3, 0.4) is 0 Å². The molecule has 0 fully saturated rings. The van der Waals surface area contributed by atoms with Gasteiger partial charge in [-0.25, -0.2) is 0 Å². The van der Waals surface area contributed by atoms with Gasteiger partial charge >= 0.3 is 0 Å². The minimum atomic E-state index is 0.592. The second-order valence-electron chi connectivity index (χ2n) is 3.89. The lowest BCUT2D eigenvalue weighted by Crippen LogP contribution is -2.04. The van der Waals surface area contributed by atoms with E-state index in [2.05, 4.69) is 30.1 Å². The van der Waals surface area contributed by atoms with Gasteiger partial charge in [0.05, 0.1) is 0 Å². The molecule has 0 aliphatic heterocycles. The predicted molar refractivity (Wildman–Crippen MR) is 80.8 cm³/mol. The van der Waals surface area contributed by atoms with Crippen LogP contribution in [0.1, 0.15) is 11.1 Å². The molecule has 0 atom stereocenters. The Morgan fingerprint density at radius 3 is 2.17 bits per heavy atom. The summed E-state index contributed by atoms with van der Waals surface area (Å²) < 4.78 is 0. The fourth-order valence-electron chi connectivity index (χ4n) is 1.48. The first kappa shape index (κ1) is 14.8. The molecule has 3 heteroatoms. The Balaban J connectivity index is 0.000000180. The van der Waals surface area contributed by atoms with Gasteiger partial charge in [-0.15, -0.1) is 12.6 Å². The first-order valence-corrected chi connectivity index (χ1v) is 6.37. The van der Waals surface area contributed by atoms with Crippen LogP contribution in [0.5, 0.6) is 0 Å². The molecule has 0 aromatic heterocycles. The highest BCUT2D eigenvalue weighted by Crippen LogP contribution is 2.07. The van der Waals surface area contributed by atoms with Gasteiger partial charge in [0, 0.05) is 18.0 Å². The fraction of sp³-hybridized carbons (Fsp3) is 0.200. The van der Waals surface area contributed by atoms with Gasteiger partial charge in [0.25, 0.3) is 0 Å². The standard InChI is InChI=1S/C8H11N.C7H9NS/c1-9-7-8-5-3-2-4-6-8;8-5-6-2-1-3-7(9)4-6/h2-6,9H,7H2,1H3;1-4,9H,5,8H2. The van der Waals surface area contributed by atoms with Crippen LogP contribution in [0.4, 0.5) is 0 Å². The Hall–Kier alpha value is -1.29. The molecule has 0 aliphatic carbocycles.